The number of carboxylic acids is 3. The Bertz CT molecular complexity index is 934. The van der Waals surface area contributed by atoms with Gasteiger partial charge in [0.25, 0.3) is 0 Å². The minimum atomic E-state index is -1.58. The fourth-order valence-corrected chi connectivity index (χ4v) is 3.00. The van der Waals surface area contributed by atoms with Gasteiger partial charge in [-0.2, -0.15) is 0 Å². The molecule has 15 nitrogen and oxygen atoms in total. The third-order valence-electron chi connectivity index (χ3n) is 5.17. The van der Waals surface area contributed by atoms with Gasteiger partial charge in [-0.1, -0.05) is 13.8 Å². The standard InChI is InChI=1S/C21H32N6O9/c1-10(2)17(22)20(34)27-14(7-11-8-23-9-24-11)19(33)25-12(3-5-15(28)29)18(32)26-13(21(35)36)4-6-16(30)31/h8-10,12-14,17H,3-7,22H2,1-2H3,(H,23,24)(H,25,33)(H,26,32)(H,27,34)(H,28,29)(H,30,31)(H,35,36). The number of rotatable bonds is 16. The first-order valence-corrected chi connectivity index (χ1v) is 11.1. The van der Waals surface area contributed by atoms with Gasteiger partial charge in [-0.3, -0.25) is 24.0 Å². The van der Waals surface area contributed by atoms with Crippen LogP contribution in [0.3, 0.4) is 0 Å². The maximum atomic E-state index is 13.1. The van der Waals surface area contributed by atoms with E-state index in [1.807, 2.05) is 0 Å². The van der Waals surface area contributed by atoms with Crippen molar-refractivity contribution in [1.82, 2.24) is 25.9 Å². The second-order valence-electron chi connectivity index (χ2n) is 8.44. The number of carbonyl (C=O) groups is 6. The van der Waals surface area contributed by atoms with Crippen LogP contribution in [0.4, 0.5) is 0 Å². The second-order valence-corrected chi connectivity index (χ2v) is 8.44. The number of nitrogens with zero attached hydrogens (tertiary/aromatic N) is 1. The zero-order valence-electron chi connectivity index (χ0n) is 19.9. The molecule has 1 heterocycles. The van der Waals surface area contributed by atoms with Gasteiger partial charge < -0.3 is 42.0 Å². The fraction of sp³-hybridized carbons (Fsp3) is 0.571. The minimum Gasteiger partial charge on any atom is -0.481 e. The number of hydrogen-bond donors (Lipinski definition) is 8. The van der Waals surface area contributed by atoms with Gasteiger partial charge in [0.2, 0.25) is 17.7 Å². The molecule has 0 bridgehead atoms. The first-order chi connectivity index (χ1) is 16.8. The quantitative estimate of drug-likeness (QED) is 0.123. The third-order valence-corrected chi connectivity index (χ3v) is 5.17. The molecule has 0 saturated heterocycles. The molecule has 36 heavy (non-hydrogen) atoms. The van der Waals surface area contributed by atoms with E-state index < -0.39 is 85.5 Å². The monoisotopic (exact) mass is 512 g/mol. The number of H-pyrrole nitrogens is 1. The van der Waals surface area contributed by atoms with Crippen molar-refractivity contribution in [1.29, 1.82) is 0 Å². The van der Waals surface area contributed by atoms with E-state index in [1.54, 1.807) is 13.8 Å². The lowest BCUT2D eigenvalue weighted by Gasteiger charge is -2.25. The Morgan fingerprint density at radius 1 is 0.861 bits per heavy atom. The average molecular weight is 513 g/mol. The number of amides is 3. The highest BCUT2D eigenvalue weighted by Gasteiger charge is 2.31. The molecule has 1 aromatic heterocycles. The number of aliphatic carboxylic acids is 3. The first-order valence-electron chi connectivity index (χ1n) is 11.1. The molecule has 4 atom stereocenters. The van der Waals surface area contributed by atoms with Crippen molar-refractivity contribution in [2.75, 3.05) is 0 Å². The van der Waals surface area contributed by atoms with Gasteiger partial charge >= 0.3 is 17.9 Å². The summed E-state index contributed by atoms with van der Waals surface area (Å²) in [6.07, 6.45) is 0.808. The molecule has 1 rings (SSSR count). The summed E-state index contributed by atoms with van der Waals surface area (Å²) < 4.78 is 0. The summed E-state index contributed by atoms with van der Waals surface area (Å²) in [7, 11) is 0. The molecular weight excluding hydrogens is 480 g/mol. The maximum Gasteiger partial charge on any atom is 0.326 e. The van der Waals surface area contributed by atoms with E-state index in [1.165, 1.54) is 12.5 Å². The number of aromatic amines is 1. The van der Waals surface area contributed by atoms with E-state index in [0.29, 0.717) is 5.69 Å². The summed E-state index contributed by atoms with van der Waals surface area (Å²) in [5, 5.41) is 34.1. The average Bonchev–Trinajstić information content (AvgIpc) is 3.30. The van der Waals surface area contributed by atoms with E-state index in [-0.39, 0.29) is 12.3 Å². The lowest BCUT2D eigenvalue weighted by Crippen LogP contribution is -2.58. The lowest BCUT2D eigenvalue weighted by atomic mass is 10.0. The van der Waals surface area contributed by atoms with Gasteiger partial charge in [-0.05, 0) is 18.8 Å². The van der Waals surface area contributed by atoms with Gasteiger partial charge in [-0.25, -0.2) is 9.78 Å². The summed E-state index contributed by atoms with van der Waals surface area (Å²) in [5.74, 6) is -6.79. The fourth-order valence-electron chi connectivity index (χ4n) is 3.00. The Kier molecular flexibility index (Phi) is 12.0. The van der Waals surface area contributed by atoms with Gasteiger partial charge in [0.05, 0.1) is 12.4 Å². The van der Waals surface area contributed by atoms with Gasteiger partial charge in [0, 0.05) is 31.2 Å². The van der Waals surface area contributed by atoms with Crippen molar-refractivity contribution in [2.45, 2.75) is 70.1 Å². The molecular formula is C21H32N6O9. The number of nitrogens with two attached hydrogens (primary N) is 1. The largest absolute Gasteiger partial charge is 0.481 e. The topological polar surface area (TPSA) is 254 Å². The molecule has 9 N–H and O–H groups in total. The van der Waals surface area contributed by atoms with Crippen LogP contribution in [0.25, 0.3) is 0 Å². The molecule has 1 aromatic rings. The number of nitrogens with one attached hydrogen (secondary N) is 4. The Balaban J connectivity index is 3.08. The highest BCUT2D eigenvalue weighted by atomic mass is 16.4. The first kappa shape index (κ1) is 30.0. The molecule has 4 unspecified atom stereocenters. The van der Waals surface area contributed by atoms with Crippen LogP contribution >= 0.6 is 0 Å². The smallest absolute Gasteiger partial charge is 0.326 e. The van der Waals surface area contributed by atoms with E-state index >= 15 is 0 Å². The Morgan fingerprint density at radius 2 is 1.36 bits per heavy atom. The van der Waals surface area contributed by atoms with E-state index in [0.717, 1.165) is 0 Å². The summed E-state index contributed by atoms with van der Waals surface area (Å²) in [4.78, 5) is 78.2. The Morgan fingerprint density at radius 3 is 1.83 bits per heavy atom. The van der Waals surface area contributed by atoms with E-state index in [4.69, 9.17) is 15.9 Å². The van der Waals surface area contributed by atoms with Crippen LogP contribution in [-0.2, 0) is 35.2 Å². The highest BCUT2D eigenvalue weighted by Crippen LogP contribution is 2.07. The van der Waals surface area contributed by atoms with Crippen LogP contribution in [0.15, 0.2) is 12.5 Å². The molecule has 0 fully saturated rings. The van der Waals surface area contributed by atoms with Crippen molar-refractivity contribution in [2.24, 2.45) is 11.7 Å². The molecule has 0 aliphatic rings. The summed E-state index contributed by atoms with van der Waals surface area (Å²) in [5.41, 5.74) is 6.33. The molecule has 200 valence electrons. The van der Waals surface area contributed by atoms with Gasteiger partial charge in [0.1, 0.15) is 18.1 Å². The molecule has 3 amide bonds. The van der Waals surface area contributed by atoms with Crippen molar-refractivity contribution >= 4 is 35.6 Å². The zero-order chi connectivity index (χ0) is 27.4. The molecule has 0 saturated carbocycles. The highest BCUT2D eigenvalue weighted by molar-refractivity contribution is 5.94. The van der Waals surface area contributed by atoms with Crippen LogP contribution in [0, 0.1) is 5.92 Å². The zero-order valence-corrected chi connectivity index (χ0v) is 19.9. The summed E-state index contributed by atoms with van der Waals surface area (Å²) in [6, 6.07) is -5.23. The van der Waals surface area contributed by atoms with Crippen LogP contribution in [0.5, 0.6) is 0 Å². The summed E-state index contributed by atoms with van der Waals surface area (Å²) in [6.45, 7) is 3.42. The maximum absolute atomic E-state index is 13.1. The van der Waals surface area contributed by atoms with E-state index in [9.17, 15) is 33.9 Å². The molecule has 0 spiro atoms. The predicted octanol–water partition coefficient (Wildman–Crippen LogP) is -1.80. The molecule has 0 aromatic carbocycles. The lowest BCUT2D eigenvalue weighted by molar-refractivity contribution is -0.144. The van der Waals surface area contributed by atoms with Gasteiger partial charge in [-0.15, -0.1) is 0 Å². The second kappa shape index (κ2) is 14.4. The van der Waals surface area contributed by atoms with Crippen LogP contribution in [0.2, 0.25) is 0 Å². The molecule has 0 aliphatic heterocycles. The van der Waals surface area contributed by atoms with Crippen molar-refractivity contribution in [3.8, 4) is 0 Å². The van der Waals surface area contributed by atoms with E-state index in [2.05, 4.69) is 25.9 Å². The number of imidazole rings is 1. The van der Waals surface area contributed by atoms with Crippen molar-refractivity contribution in [3.63, 3.8) is 0 Å². The number of carboxylic acid groups (broad SMARTS) is 3. The Hall–Kier alpha value is -4.01. The molecule has 0 aliphatic carbocycles. The van der Waals surface area contributed by atoms with Crippen LogP contribution in [0.1, 0.15) is 45.2 Å². The minimum absolute atomic E-state index is 0.0635. The van der Waals surface area contributed by atoms with Crippen LogP contribution in [-0.4, -0.2) is 85.1 Å². The Labute approximate surface area is 206 Å². The summed E-state index contributed by atoms with van der Waals surface area (Å²) >= 11 is 0. The van der Waals surface area contributed by atoms with Gasteiger partial charge in [0.15, 0.2) is 0 Å². The molecule has 0 radical (unpaired) electrons. The van der Waals surface area contributed by atoms with Crippen LogP contribution < -0.4 is 21.7 Å². The SMILES string of the molecule is CC(C)C(N)C(=O)NC(Cc1cnc[nH]1)C(=O)NC(CCC(=O)O)C(=O)NC(CCC(=O)O)C(=O)O. The normalized spacial score (nSPS) is 14.2. The predicted molar refractivity (Wildman–Crippen MR) is 122 cm³/mol. The molecule has 15 heteroatoms. The number of hydrogen-bond acceptors (Lipinski definition) is 8. The number of aromatic nitrogens is 2. The van der Waals surface area contributed by atoms with Crippen molar-refractivity contribution < 1.29 is 44.1 Å². The number of carbonyl (C=O) groups excluding carboxylic acids is 3. The third kappa shape index (κ3) is 10.5. The van der Waals surface area contributed by atoms with Crippen molar-refractivity contribution in [3.05, 3.63) is 18.2 Å².